The zero-order valence-electron chi connectivity index (χ0n) is 9.82. The number of hydrogen-bond donors (Lipinski definition) is 1. The topological polar surface area (TPSA) is 45.2 Å². The van der Waals surface area contributed by atoms with Gasteiger partial charge in [-0.05, 0) is 34.5 Å². The normalized spacial score (nSPS) is 19.4. The first kappa shape index (κ1) is 12.4. The van der Waals surface area contributed by atoms with E-state index in [9.17, 15) is 4.79 Å². The number of aromatic nitrogens is 1. The number of nitrogens with one attached hydrogen (secondary N) is 1. The molecule has 1 saturated heterocycles. The largest absolute Gasteiger partial charge is 0.365 e. The van der Waals surface area contributed by atoms with Crippen LogP contribution in [0.4, 0.5) is 5.82 Å². The molecule has 2 heterocycles. The fourth-order valence-corrected chi connectivity index (χ4v) is 2.23. The van der Waals surface area contributed by atoms with Crippen molar-refractivity contribution in [2.75, 3.05) is 18.4 Å². The van der Waals surface area contributed by atoms with Gasteiger partial charge in [0.2, 0.25) is 5.91 Å². The highest BCUT2D eigenvalue weighted by atomic mass is 79.9. The lowest BCUT2D eigenvalue weighted by atomic mass is 10.2. The summed E-state index contributed by atoms with van der Waals surface area (Å²) in [5.74, 6) is 1.10. The molecule has 4 nitrogen and oxygen atoms in total. The fraction of sp³-hybridized carbons (Fsp3) is 0.500. The molecule has 1 aliphatic rings. The van der Waals surface area contributed by atoms with Crippen LogP contribution in [-0.2, 0) is 4.79 Å². The van der Waals surface area contributed by atoms with Crippen molar-refractivity contribution < 1.29 is 4.79 Å². The first-order valence-electron chi connectivity index (χ1n) is 5.85. The molecule has 1 N–H and O–H groups in total. The first-order chi connectivity index (χ1) is 8.19. The second-order valence-corrected chi connectivity index (χ2v) is 5.10. The number of amides is 1. The van der Waals surface area contributed by atoms with Crippen LogP contribution in [0, 0.1) is 0 Å². The van der Waals surface area contributed by atoms with Crippen LogP contribution in [0.3, 0.4) is 0 Å². The van der Waals surface area contributed by atoms with Crippen molar-refractivity contribution in [1.29, 1.82) is 0 Å². The minimum Gasteiger partial charge on any atom is -0.365 e. The van der Waals surface area contributed by atoms with Gasteiger partial charge in [-0.2, -0.15) is 0 Å². The summed E-state index contributed by atoms with van der Waals surface area (Å²) in [6.07, 6.45) is 3.35. The summed E-state index contributed by atoms with van der Waals surface area (Å²) in [4.78, 5) is 17.7. The molecule has 1 fully saturated rings. The Bertz CT molecular complexity index is 393. The Hall–Kier alpha value is -1.10. The molecular weight excluding hydrogens is 282 g/mol. The van der Waals surface area contributed by atoms with Gasteiger partial charge in [0.15, 0.2) is 0 Å². The molecule has 0 radical (unpaired) electrons. The lowest BCUT2D eigenvalue weighted by molar-refractivity contribution is -0.129. The van der Waals surface area contributed by atoms with Crippen LogP contribution in [0.1, 0.15) is 19.8 Å². The molecule has 0 bridgehead atoms. The number of likely N-dealkylation sites (tertiary alicyclic amines) is 1. The molecule has 1 aromatic heterocycles. The minimum absolute atomic E-state index is 0.234. The van der Waals surface area contributed by atoms with E-state index < -0.39 is 0 Å². The molecular formula is C12H16BrN3O. The third kappa shape index (κ3) is 3.19. The van der Waals surface area contributed by atoms with E-state index in [4.69, 9.17) is 0 Å². The van der Waals surface area contributed by atoms with E-state index in [-0.39, 0.29) is 5.91 Å². The van der Waals surface area contributed by atoms with Crippen LogP contribution in [0.15, 0.2) is 22.8 Å². The first-order valence-corrected chi connectivity index (χ1v) is 6.64. The Labute approximate surface area is 110 Å². The Kier molecular flexibility index (Phi) is 3.99. The Balaban J connectivity index is 1.89. The van der Waals surface area contributed by atoms with Gasteiger partial charge in [0.25, 0.3) is 0 Å². The van der Waals surface area contributed by atoms with Crippen molar-refractivity contribution >= 4 is 27.7 Å². The van der Waals surface area contributed by atoms with E-state index in [1.807, 2.05) is 24.0 Å². The number of carbonyl (C=O) groups is 1. The molecule has 1 aliphatic heterocycles. The van der Waals surface area contributed by atoms with Crippen molar-refractivity contribution in [1.82, 2.24) is 9.88 Å². The monoisotopic (exact) mass is 297 g/mol. The van der Waals surface area contributed by atoms with Gasteiger partial charge in [-0.25, -0.2) is 4.98 Å². The third-order valence-corrected chi connectivity index (χ3v) is 3.39. The lowest BCUT2D eigenvalue weighted by Crippen LogP contribution is -2.31. The van der Waals surface area contributed by atoms with Gasteiger partial charge in [-0.15, -0.1) is 0 Å². The highest BCUT2D eigenvalue weighted by Crippen LogP contribution is 2.16. The highest BCUT2D eigenvalue weighted by Gasteiger charge is 2.25. The molecule has 1 amide bonds. The zero-order valence-corrected chi connectivity index (χ0v) is 11.4. The van der Waals surface area contributed by atoms with Crippen LogP contribution >= 0.6 is 15.9 Å². The summed E-state index contributed by atoms with van der Waals surface area (Å²) in [6.45, 7) is 3.53. The van der Waals surface area contributed by atoms with Gasteiger partial charge < -0.3 is 10.2 Å². The SMILES string of the molecule is CCC(=O)N1CC[C@H](Nc2ccc(Br)cn2)C1. The molecule has 17 heavy (non-hydrogen) atoms. The van der Waals surface area contributed by atoms with Gasteiger partial charge >= 0.3 is 0 Å². The Morgan fingerprint density at radius 1 is 1.65 bits per heavy atom. The van der Waals surface area contributed by atoms with E-state index in [1.165, 1.54) is 0 Å². The van der Waals surface area contributed by atoms with E-state index in [2.05, 4.69) is 26.2 Å². The summed E-state index contributed by atoms with van der Waals surface area (Å²) in [5.41, 5.74) is 0. The summed E-state index contributed by atoms with van der Waals surface area (Å²) < 4.78 is 0.970. The standard InChI is InChI=1S/C12H16BrN3O/c1-2-12(17)16-6-5-10(8-16)15-11-4-3-9(13)7-14-11/h3-4,7,10H,2,5-6,8H2,1H3,(H,14,15)/t10-/m0/s1. The van der Waals surface area contributed by atoms with Gasteiger partial charge in [0.1, 0.15) is 5.82 Å². The molecule has 0 spiro atoms. The van der Waals surface area contributed by atoms with Crippen LogP contribution in [0.2, 0.25) is 0 Å². The van der Waals surface area contributed by atoms with Crippen LogP contribution in [-0.4, -0.2) is 34.9 Å². The smallest absolute Gasteiger partial charge is 0.222 e. The lowest BCUT2D eigenvalue weighted by Gasteiger charge is -2.16. The molecule has 0 aliphatic carbocycles. The highest BCUT2D eigenvalue weighted by molar-refractivity contribution is 9.10. The van der Waals surface area contributed by atoms with Crippen molar-refractivity contribution in [3.05, 3.63) is 22.8 Å². The van der Waals surface area contributed by atoms with Crippen molar-refractivity contribution in [2.24, 2.45) is 0 Å². The van der Waals surface area contributed by atoms with E-state index in [0.29, 0.717) is 12.5 Å². The van der Waals surface area contributed by atoms with Crippen LogP contribution < -0.4 is 5.32 Å². The Morgan fingerprint density at radius 2 is 2.47 bits per heavy atom. The van der Waals surface area contributed by atoms with Crippen LogP contribution in [0.25, 0.3) is 0 Å². The number of carbonyl (C=O) groups excluding carboxylic acids is 1. The maximum Gasteiger partial charge on any atom is 0.222 e. The second-order valence-electron chi connectivity index (χ2n) is 4.18. The van der Waals surface area contributed by atoms with Gasteiger partial charge in [-0.1, -0.05) is 6.92 Å². The van der Waals surface area contributed by atoms with E-state index in [0.717, 1.165) is 29.8 Å². The zero-order chi connectivity index (χ0) is 12.3. The predicted octanol–water partition coefficient (Wildman–Crippen LogP) is 2.27. The molecule has 0 unspecified atom stereocenters. The molecule has 92 valence electrons. The Morgan fingerprint density at radius 3 is 3.12 bits per heavy atom. The quantitative estimate of drug-likeness (QED) is 0.931. The minimum atomic E-state index is 0.234. The van der Waals surface area contributed by atoms with Gasteiger partial charge in [0.05, 0.1) is 0 Å². The summed E-state index contributed by atoms with van der Waals surface area (Å²) in [5, 5.41) is 3.35. The summed E-state index contributed by atoms with van der Waals surface area (Å²) >= 11 is 3.35. The predicted molar refractivity (Wildman–Crippen MR) is 70.8 cm³/mol. The number of pyridine rings is 1. The molecule has 2 rings (SSSR count). The van der Waals surface area contributed by atoms with Gasteiger partial charge in [-0.3, -0.25) is 4.79 Å². The number of nitrogens with zero attached hydrogens (tertiary/aromatic N) is 2. The molecule has 1 atom stereocenters. The molecule has 0 saturated carbocycles. The van der Waals surface area contributed by atoms with Crippen molar-refractivity contribution in [2.45, 2.75) is 25.8 Å². The van der Waals surface area contributed by atoms with Gasteiger partial charge in [0, 0.05) is 36.2 Å². The van der Waals surface area contributed by atoms with Crippen LogP contribution in [0.5, 0.6) is 0 Å². The van der Waals surface area contributed by atoms with E-state index >= 15 is 0 Å². The number of halogens is 1. The average molecular weight is 298 g/mol. The van der Waals surface area contributed by atoms with E-state index in [1.54, 1.807) is 6.20 Å². The van der Waals surface area contributed by atoms with Crippen molar-refractivity contribution in [3.63, 3.8) is 0 Å². The number of rotatable bonds is 3. The second kappa shape index (κ2) is 5.49. The third-order valence-electron chi connectivity index (χ3n) is 2.92. The maximum absolute atomic E-state index is 11.5. The molecule has 1 aromatic rings. The molecule has 0 aromatic carbocycles. The number of anilines is 1. The van der Waals surface area contributed by atoms with Crippen molar-refractivity contribution in [3.8, 4) is 0 Å². The number of hydrogen-bond acceptors (Lipinski definition) is 3. The molecule has 5 heteroatoms. The maximum atomic E-state index is 11.5. The summed E-state index contributed by atoms with van der Waals surface area (Å²) in [7, 11) is 0. The average Bonchev–Trinajstić information content (AvgIpc) is 2.80. The fourth-order valence-electron chi connectivity index (χ4n) is 2.00. The summed E-state index contributed by atoms with van der Waals surface area (Å²) in [6, 6.07) is 4.22.